The molecule has 1 rings (SSSR count). The van der Waals surface area contributed by atoms with Crippen LogP contribution in [0.4, 0.5) is 0 Å². The lowest BCUT2D eigenvalue weighted by Crippen LogP contribution is -2.37. The first-order valence-electron chi connectivity index (χ1n) is 6.74. The quantitative estimate of drug-likeness (QED) is 0.701. The van der Waals surface area contributed by atoms with Crippen LogP contribution in [0, 0.1) is 5.92 Å². The second-order valence-corrected chi connectivity index (χ2v) is 5.39. The standard InChI is InChI=1S/C13H26N2O2/c1-12(2)11-15(8-5-13(16)17)10-9-14-6-3-4-7-14/h12H,3-11H2,1-2H3,(H,16,17). The zero-order chi connectivity index (χ0) is 12.7. The van der Waals surface area contributed by atoms with Crippen molar-refractivity contribution in [2.45, 2.75) is 33.1 Å². The molecule has 0 radical (unpaired) electrons. The first-order chi connectivity index (χ1) is 8.08. The van der Waals surface area contributed by atoms with Gasteiger partial charge in [-0.2, -0.15) is 0 Å². The van der Waals surface area contributed by atoms with Gasteiger partial charge in [-0.15, -0.1) is 0 Å². The molecule has 1 aliphatic rings. The first-order valence-corrected chi connectivity index (χ1v) is 6.74. The number of nitrogens with zero attached hydrogens (tertiary/aromatic N) is 2. The third-order valence-corrected chi connectivity index (χ3v) is 3.20. The van der Waals surface area contributed by atoms with Crippen molar-refractivity contribution >= 4 is 5.97 Å². The Kier molecular flexibility index (Phi) is 6.52. The molecule has 0 atom stereocenters. The van der Waals surface area contributed by atoms with E-state index < -0.39 is 5.97 Å². The van der Waals surface area contributed by atoms with Gasteiger partial charge < -0.3 is 14.9 Å². The van der Waals surface area contributed by atoms with Crippen molar-refractivity contribution in [1.82, 2.24) is 9.80 Å². The maximum absolute atomic E-state index is 10.6. The van der Waals surface area contributed by atoms with Gasteiger partial charge in [-0.05, 0) is 31.8 Å². The predicted molar refractivity (Wildman–Crippen MR) is 69.2 cm³/mol. The van der Waals surface area contributed by atoms with Gasteiger partial charge in [-0.3, -0.25) is 4.79 Å². The van der Waals surface area contributed by atoms with E-state index in [1.807, 2.05) is 0 Å². The second-order valence-electron chi connectivity index (χ2n) is 5.39. The van der Waals surface area contributed by atoms with E-state index in [0.29, 0.717) is 12.5 Å². The maximum Gasteiger partial charge on any atom is 0.304 e. The Balaban J connectivity index is 2.25. The summed E-state index contributed by atoms with van der Waals surface area (Å²) in [6.07, 6.45) is 2.89. The fourth-order valence-electron chi connectivity index (χ4n) is 2.35. The summed E-state index contributed by atoms with van der Waals surface area (Å²) in [5.41, 5.74) is 0. The van der Waals surface area contributed by atoms with Gasteiger partial charge in [-0.25, -0.2) is 0 Å². The average Bonchev–Trinajstić information content (AvgIpc) is 2.74. The second kappa shape index (κ2) is 7.67. The van der Waals surface area contributed by atoms with Crippen molar-refractivity contribution in [3.8, 4) is 0 Å². The molecular weight excluding hydrogens is 216 g/mol. The molecule has 1 saturated heterocycles. The number of rotatable bonds is 8. The van der Waals surface area contributed by atoms with Crippen LogP contribution in [0.1, 0.15) is 33.1 Å². The number of hydrogen-bond acceptors (Lipinski definition) is 3. The minimum atomic E-state index is -0.695. The zero-order valence-corrected chi connectivity index (χ0v) is 11.2. The predicted octanol–water partition coefficient (Wildman–Crippen LogP) is 1.51. The summed E-state index contributed by atoms with van der Waals surface area (Å²) >= 11 is 0. The van der Waals surface area contributed by atoms with Crippen molar-refractivity contribution in [2.75, 3.05) is 39.3 Å². The Morgan fingerprint density at radius 1 is 1.29 bits per heavy atom. The molecule has 1 heterocycles. The summed E-state index contributed by atoms with van der Waals surface area (Å²) in [7, 11) is 0. The average molecular weight is 242 g/mol. The largest absolute Gasteiger partial charge is 0.481 e. The third kappa shape index (κ3) is 6.64. The van der Waals surface area contributed by atoms with Gasteiger partial charge in [0, 0.05) is 26.2 Å². The van der Waals surface area contributed by atoms with Gasteiger partial charge in [0.05, 0.1) is 6.42 Å². The highest BCUT2D eigenvalue weighted by molar-refractivity contribution is 5.66. The van der Waals surface area contributed by atoms with E-state index in [4.69, 9.17) is 5.11 Å². The molecule has 4 nitrogen and oxygen atoms in total. The molecule has 0 aromatic carbocycles. The molecule has 0 unspecified atom stereocenters. The number of carboxylic acids is 1. The summed E-state index contributed by atoms with van der Waals surface area (Å²) in [6.45, 7) is 10.6. The Bertz CT molecular complexity index is 225. The van der Waals surface area contributed by atoms with Crippen LogP contribution >= 0.6 is 0 Å². The highest BCUT2D eigenvalue weighted by Gasteiger charge is 2.14. The van der Waals surface area contributed by atoms with Crippen LogP contribution in [-0.2, 0) is 4.79 Å². The summed E-state index contributed by atoms with van der Waals surface area (Å²) in [4.78, 5) is 15.4. The Morgan fingerprint density at radius 2 is 1.94 bits per heavy atom. The van der Waals surface area contributed by atoms with Crippen LogP contribution in [0.25, 0.3) is 0 Å². The van der Waals surface area contributed by atoms with Crippen LogP contribution in [0.5, 0.6) is 0 Å². The van der Waals surface area contributed by atoms with Crippen LogP contribution in [-0.4, -0.2) is 60.1 Å². The molecule has 1 aliphatic heterocycles. The van der Waals surface area contributed by atoms with Crippen molar-refractivity contribution in [1.29, 1.82) is 0 Å². The van der Waals surface area contributed by atoms with Crippen molar-refractivity contribution < 1.29 is 9.90 Å². The lowest BCUT2D eigenvalue weighted by atomic mass is 10.2. The smallest absolute Gasteiger partial charge is 0.304 e. The van der Waals surface area contributed by atoms with E-state index in [-0.39, 0.29) is 6.42 Å². The zero-order valence-electron chi connectivity index (χ0n) is 11.2. The fraction of sp³-hybridized carbons (Fsp3) is 0.923. The minimum absolute atomic E-state index is 0.257. The molecule has 17 heavy (non-hydrogen) atoms. The fourth-order valence-corrected chi connectivity index (χ4v) is 2.35. The summed E-state index contributed by atoms with van der Waals surface area (Å²) in [5.74, 6) is -0.0951. The topological polar surface area (TPSA) is 43.8 Å². The summed E-state index contributed by atoms with van der Waals surface area (Å²) in [6, 6.07) is 0. The van der Waals surface area contributed by atoms with Crippen molar-refractivity contribution in [2.24, 2.45) is 5.92 Å². The SMILES string of the molecule is CC(C)CN(CCC(=O)O)CCN1CCCC1. The Morgan fingerprint density at radius 3 is 2.47 bits per heavy atom. The van der Waals surface area contributed by atoms with Gasteiger partial charge in [-0.1, -0.05) is 13.8 Å². The van der Waals surface area contributed by atoms with Gasteiger partial charge in [0.25, 0.3) is 0 Å². The number of carboxylic acid groups (broad SMARTS) is 1. The normalized spacial score (nSPS) is 17.2. The molecule has 0 aromatic rings. The lowest BCUT2D eigenvalue weighted by molar-refractivity contribution is -0.137. The molecular formula is C13H26N2O2. The first kappa shape index (κ1) is 14.5. The molecule has 1 N–H and O–H groups in total. The van der Waals surface area contributed by atoms with Gasteiger partial charge in [0.2, 0.25) is 0 Å². The molecule has 4 heteroatoms. The van der Waals surface area contributed by atoms with Gasteiger partial charge in [0.1, 0.15) is 0 Å². The monoisotopic (exact) mass is 242 g/mol. The van der Waals surface area contributed by atoms with Gasteiger partial charge >= 0.3 is 5.97 Å². The van der Waals surface area contributed by atoms with Crippen molar-refractivity contribution in [3.63, 3.8) is 0 Å². The molecule has 0 aliphatic carbocycles. The van der Waals surface area contributed by atoms with Crippen LogP contribution < -0.4 is 0 Å². The molecule has 0 aromatic heterocycles. The Labute approximate surface area is 105 Å². The molecule has 0 amide bonds. The van der Waals surface area contributed by atoms with Crippen LogP contribution in [0.3, 0.4) is 0 Å². The highest BCUT2D eigenvalue weighted by atomic mass is 16.4. The maximum atomic E-state index is 10.6. The number of hydrogen-bond donors (Lipinski definition) is 1. The minimum Gasteiger partial charge on any atom is -0.481 e. The van der Waals surface area contributed by atoms with E-state index in [2.05, 4.69) is 23.6 Å². The molecule has 0 spiro atoms. The van der Waals surface area contributed by atoms with Crippen LogP contribution in [0.2, 0.25) is 0 Å². The van der Waals surface area contributed by atoms with E-state index in [1.54, 1.807) is 0 Å². The number of likely N-dealkylation sites (tertiary alicyclic amines) is 1. The number of carbonyl (C=O) groups is 1. The van der Waals surface area contributed by atoms with Gasteiger partial charge in [0.15, 0.2) is 0 Å². The Hall–Kier alpha value is -0.610. The summed E-state index contributed by atoms with van der Waals surface area (Å²) < 4.78 is 0. The van der Waals surface area contributed by atoms with E-state index >= 15 is 0 Å². The van der Waals surface area contributed by atoms with E-state index in [1.165, 1.54) is 25.9 Å². The lowest BCUT2D eigenvalue weighted by Gasteiger charge is -2.26. The van der Waals surface area contributed by atoms with E-state index in [9.17, 15) is 4.79 Å². The third-order valence-electron chi connectivity index (χ3n) is 3.20. The molecule has 1 fully saturated rings. The van der Waals surface area contributed by atoms with Crippen molar-refractivity contribution in [3.05, 3.63) is 0 Å². The molecule has 0 saturated carbocycles. The highest BCUT2D eigenvalue weighted by Crippen LogP contribution is 2.07. The van der Waals surface area contributed by atoms with Crippen LogP contribution in [0.15, 0.2) is 0 Å². The van der Waals surface area contributed by atoms with E-state index in [0.717, 1.165) is 19.6 Å². The number of aliphatic carboxylic acids is 1. The summed E-state index contributed by atoms with van der Waals surface area (Å²) in [5, 5.41) is 8.74. The molecule has 0 bridgehead atoms. The molecule has 100 valence electrons.